The number of rotatable bonds is 3. The van der Waals surface area contributed by atoms with Crippen molar-refractivity contribution >= 4 is 40.5 Å². The second kappa shape index (κ2) is 7.97. The van der Waals surface area contributed by atoms with E-state index in [-0.39, 0.29) is 28.3 Å². The highest BCUT2D eigenvalue weighted by atomic mass is 79.9. The van der Waals surface area contributed by atoms with Gasteiger partial charge in [0.25, 0.3) is 0 Å². The van der Waals surface area contributed by atoms with Crippen molar-refractivity contribution in [2.75, 3.05) is 0 Å². The number of hydrogen-bond acceptors (Lipinski definition) is 5. The van der Waals surface area contributed by atoms with Crippen molar-refractivity contribution in [1.82, 2.24) is 14.6 Å². The van der Waals surface area contributed by atoms with Gasteiger partial charge in [0.2, 0.25) is 0 Å². The van der Waals surface area contributed by atoms with Gasteiger partial charge in [-0.2, -0.15) is 18.3 Å². The minimum absolute atomic E-state index is 0.139. The van der Waals surface area contributed by atoms with Crippen LogP contribution in [0.2, 0.25) is 0 Å². The molecule has 0 radical (unpaired) electrons. The van der Waals surface area contributed by atoms with E-state index >= 15 is 0 Å². The zero-order chi connectivity index (χ0) is 22.3. The molecule has 0 spiro atoms. The first-order chi connectivity index (χ1) is 14.7. The summed E-state index contributed by atoms with van der Waals surface area (Å²) in [7, 11) is 0. The lowest BCUT2D eigenvalue weighted by Crippen LogP contribution is -2.07. The van der Waals surface area contributed by atoms with Gasteiger partial charge in [-0.3, -0.25) is 0 Å². The maximum absolute atomic E-state index is 14.4. The highest BCUT2D eigenvalue weighted by Gasteiger charge is 2.30. The Hall–Kier alpha value is -2.92. The highest BCUT2D eigenvalue weighted by molar-refractivity contribution is 9.10. The quantitative estimate of drug-likeness (QED) is 0.208. The summed E-state index contributed by atoms with van der Waals surface area (Å²) in [6.45, 7) is 0. The molecular weight excluding hydrogens is 502 g/mol. The van der Waals surface area contributed by atoms with E-state index < -0.39 is 23.5 Å². The molecule has 2 heterocycles. The molecule has 0 saturated carbocycles. The van der Waals surface area contributed by atoms with Crippen LogP contribution in [-0.2, 0) is 10.4 Å². The summed E-state index contributed by atoms with van der Waals surface area (Å²) < 4.78 is 59.4. The third-order valence-electron chi connectivity index (χ3n) is 4.43. The minimum atomic E-state index is -4.49. The van der Waals surface area contributed by atoms with Gasteiger partial charge in [0.1, 0.15) is 5.82 Å². The first kappa shape index (κ1) is 21.3. The lowest BCUT2D eigenvalue weighted by Gasteiger charge is -2.10. The van der Waals surface area contributed by atoms with E-state index in [2.05, 4.69) is 43.1 Å². The zero-order valence-electron chi connectivity index (χ0n) is 15.2. The normalized spacial score (nSPS) is 11.7. The van der Waals surface area contributed by atoms with Gasteiger partial charge < -0.3 is 4.18 Å². The molecule has 4 rings (SSSR count). The van der Waals surface area contributed by atoms with Gasteiger partial charge in [-0.25, -0.2) is 18.7 Å². The molecule has 2 aromatic carbocycles. The fourth-order valence-electron chi connectivity index (χ4n) is 2.99. The maximum atomic E-state index is 14.4. The third-order valence-corrected chi connectivity index (χ3v) is 5.09. The van der Waals surface area contributed by atoms with Gasteiger partial charge in [0.15, 0.2) is 11.3 Å². The Bertz CT molecular complexity index is 1310. The van der Waals surface area contributed by atoms with Gasteiger partial charge in [-0.05, 0) is 36.4 Å². The van der Waals surface area contributed by atoms with E-state index in [1.54, 1.807) is 6.07 Å². The summed E-state index contributed by atoms with van der Waals surface area (Å²) in [5, 5.41) is 4.35. The number of thiol groups is 1. The van der Waals surface area contributed by atoms with Crippen LogP contribution >= 0.6 is 28.8 Å². The Morgan fingerprint density at radius 3 is 2.39 bits per heavy atom. The Morgan fingerprint density at radius 2 is 1.77 bits per heavy atom. The van der Waals surface area contributed by atoms with Crippen LogP contribution in [0.1, 0.15) is 16.1 Å². The number of benzene rings is 2. The Balaban J connectivity index is 1.92. The minimum Gasteiger partial charge on any atom is -0.390 e. The predicted octanol–water partition coefficient (Wildman–Crippen LogP) is 5.99. The summed E-state index contributed by atoms with van der Waals surface area (Å²) in [5.41, 5.74) is 0.210. The number of fused-ring (bicyclic) bond motifs is 1. The smallest absolute Gasteiger partial charge is 0.390 e. The molecule has 0 aliphatic rings. The summed E-state index contributed by atoms with van der Waals surface area (Å²) in [5.74, 6) is -1.40. The number of nitrogens with zero attached hydrogens (tertiary/aromatic N) is 3. The van der Waals surface area contributed by atoms with Crippen LogP contribution in [0, 0.1) is 5.82 Å². The van der Waals surface area contributed by atoms with Gasteiger partial charge in [0, 0.05) is 34.6 Å². The highest BCUT2D eigenvalue weighted by Crippen LogP contribution is 2.32. The van der Waals surface area contributed by atoms with Crippen LogP contribution in [0.5, 0.6) is 0 Å². The SMILES string of the molecule is O=C(OS)c1cc(-c2ccc(C(F)(F)F)cc2)n2nc(-c3ccc(Br)cc3F)cc2n1. The largest absolute Gasteiger partial charge is 0.416 e. The number of hydrogen-bond donors (Lipinski definition) is 1. The monoisotopic (exact) mass is 511 g/mol. The van der Waals surface area contributed by atoms with E-state index in [0.29, 0.717) is 10.0 Å². The van der Waals surface area contributed by atoms with Gasteiger partial charge in [0.05, 0.1) is 17.0 Å². The Morgan fingerprint density at radius 1 is 1.06 bits per heavy atom. The van der Waals surface area contributed by atoms with E-state index in [4.69, 9.17) is 0 Å². The Kier molecular flexibility index (Phi) is 5.48. The number of halogens is 5. The summed E-state index contributed by atoms with van der Waals surface area (Å²) in [4.78, 5) is 16.1. The number of alkyl halides is 3. The van der Waals surface area contributed by atoms with Crippen LogP contribution in [-0.4, -0.2) is 20.6 Å². The van der Waals surface area contributed by atoms with Crippen molar-refractivity contribution < 1.29 is 26.5 Å². The molecule has 31 heavy (non-hydrogen) atoms. The molecule has 0 bridgehead atoms. The molecule has 158 valence electrons. The standard InChI is InChI=1S/C20H10BrF4N3O2S/c21-12-5-6-13(14(22)7-12)15-9-18-26-16(19(29)30-31)8-17(28(18)27-15)10-1-3-11(4-2-10)20(23,24)25/h1-9,31H. The molecule has 0 aliphatic carbocycles. The molecule has 11 heteroatoms. The molecule has 0 aliphatic heterocycles. The summed E-state index contributed by atoms with van der Waals surface area (Å²) in [6, 6.07) is 11.5. The molecular formula is C20H10BrF4N3O2S. The van der Waals surface area contributed by atoms with Crippen LogP contribution in [0.4, 0.5) is 17.6 Å². The van der Waals surface area contributed by atoms with Crippen molar-refractivity contribution in [3.05, 3.63) is 76.1 Å². The second-order valence-corrected chi connectivity index (χ2v) is 7.50. The maximum Gasteiger partial charge on any atom is 0.416 e. The van der Waals surface area contributed by atoms with Crippen molar-refractivity contribution in [3.8, 4) is 22.5 Å². The van der Waals surface area contributed by atoms with Crippen LogP contribution in [0.25, 0.3) is 28.2 Å². The predicted molar refractivity (Wildman–Crippen MR) is 111 cm³/mol. The van der Waals surface area contributed by atoms with E-state index in [0.717, 1.165) is 12.1 Å². The second-order valence-electron chi connectivity index (χ2n) is 6.40. The Labute approximate surface area is 186 Å². The van der Waals surface area contributed by atoms with Gasteiger partial charge in [-0.1, -0.05) is 28.1 Å². The van der Waals surface area contributed by atoms with E-state index in [1.807, 2.05) is 0 Å². The average Bonchev–Trinajstić information content (AvgIpc) is 3.15. The van der Waals surface area contributed by atoms with E-state index in [9.17, 15) is 22.4 Å². The van der Waals surface area contributed by atoms with Crippen molar-refractivity contribution in [3.63, 3.8) is 0 Å². The molecule has 0 fully saturated rings. The van der Waals surface area contributed by atoms with Crippen LogP contribution in [0.3, 0.4) is 0 Å². The zero-order valence-corrected chi connectivity index (χ0v) is 17.7. The van der Waals surface area contributed by atoms with Crippen molar-refractivity contribution in [2.24, 2.45) is 0 Å². The van der Waals surface area contributed by atoms with Crippen molar-refractivity contribution in [1.29, 1.82) is 0 Å². The van der Waals surface area contributed by atoms with Crippen LogP contribution in [0.15, 0.2) is 59.1 Å². The molecule has 5 nitrogen and oxygen atoms in total. The van der Waals surface area contributed by atoms with Gasteiger partial charge >= 0.3 is 12.1 Å². The molecule has 2 aromatic heterocycles. The van der Waals surface area contributed by atoms with E-state index in [1.165, 1.54) is 40.9 Å². The number of carbonyl (C=O) groups is 1. The lowest BCUT2D eigenvalue weighted by molar-refractivity contribution is -0.137. The molecule has 0 atom stereocenters. The molecule has 0 amide bonds. The third kappa shape index (κ3) is 4.15. The molecule has 0 unspecified atom stereocenters. The van der Waals surface area contributed by atoms with Crippen LogP contribution < -0.4 is 0 Å². The average molecular weight is 512 g/mol. The summed E-state index contributed by atoms with van der Waals surface area (Å²) in [6.07, 6.45) is -4.49. The first-order valence-electron chi connectivity index (χ1n) is 8.57. The summed E-state index contributed by atoms with van der Waals surface area (Å²) >= 11 is 6.66. The fraction of sp³-hybridized carbons (Fsp3) is 0.0500. The molecule has 0 N–H and O–H groups in total. The van der Waals surface area contributed by atoms with Crippen molar-refractivity contribution in [2.45, 2.75) is 6.18 Å². The van der Waals surface area contributed by atoms with Gasteiger partial charge in [-0.15, -0.1) is 0 Å². The topological polar surface area (TPSA) is 56.5 Å². The lowest BCUT2D eigenvalue weighted by atomic mass is 10.1. The fourth-order valence-corrected chi connectivity index (χ4v) is 3.42. The number of aromatic nitrogens is 3. The number of carbonyl (C=O) groups excluding carboxylic acids is 1. The first-order valence-corrected chi connectivity index (χ1v) is 9.73. The molecule has 0 saturated heterocycles. The molecule has 4 aromatic rings.